The molecule has 0 spiro atoms. The van der Waals surface area contributed by atoms with E-state index in [0.29, 0.717) is 32.0 Å². The zero-order valence-corrected chi connectivity index (χ0v) is 12.2. The first-order valence-corrected chi connectivity index (χ1v) is 7.01. The Morgan fingerprint density at radius 3 is 2.45 bits per heavy atom. The highest BCUT2D eigenvalue weighted by Crippen LogP contribution is 2.30. The quantitative estimate of drug-likeness (QED) is 0.680. The Morgan fingerprint density at radius 1 is 1.18 bits per heavy atom. The second-order valence-corrected chi connectivity index (χ2v) is 5.22. The second kappa shape index (κ2) is 5.55. The van der Waals surface area contributed by atoms with Crippen molar-refractivity contribution in [2.45, 2.75) is 0 Å². The van der Waals surface area contributed by atoms with Crippen LogP contribution in [0.1, 0.15) is 0 Å². The molecule has 116 valence electrons. The Labute approximate surface area is 127 Å². The van der Waals surface area contributed by atoms with Gasteiger partial charge in [-0.15, -0.1) is 0 Å². The molecule has 0 unspecified atom stereocenters. The van der Waals surface area contributed by atoms with Crippen LogP contribution < -0.4 is 9.80 Å². The third-order valence-corrected chi connectivity index (χ3v) is 3.86. The van der Waals surface area contributed by atoms with Crippen molar-refractivity contribution in [3.63, 3.8) is 0 Å². The van der Waals surface area contributed by atoms with Crippen LogP contribution in [0.3, 0.4) is 0 Å². The van der Waals surface area contributed by atoms with Crippen molar-refractivity contribution < 1.29 is 10.0 Å². The second-order valence-electron chi connectivity index (χ2n) is 5.22. The zero-order valence-electron chi connectivity index (χ0n) is 12.2. The van der Waals surface area contributed by atoms with Gasteiger partial charge in [0.25, 0.3) is 0 Å². The van der Waals surface area contributed by atoms with E-state index in [9.17, 15) is 15.2 Å². The summed E-state index contributed by atoms with van der Waals surface area (Å²) in [6, 6.07) is 7.20. The van der Waals surface area contributed by atoms with E-state index in [1.165, 1.54) is 6.33 Å². The number of phenolic OH excluding ortho intramolecular Hbond substituents is 1. The maximum absolute atomic E-state index is 11.1. The number of phenols is 1. The monoisotopic (exact) mass is 303 g/mol. The Kier molecular flexibility index (Phi) is 3.58. The Morgan fingerprint density at radius 2 is 1.82 bits per heavy atom. The zero-order chi connectivity index (χ0) is 15.7. The van der Waals surface area contributed by atoms with E-state index in [2.05, 4.69) is 9.88 Å². The van der Waals surface area contributed by atoms with Gasteiger partial charge in [0.2, 0.25) is 12.1 Å². The van der Waals surface area contributed by atoms with Crippen molar-refractivity contribution in [2.75, 3.05) is 36.0 Å². The van der Waals surface area contributed by atoms with E-state index < -0.39 is 4.92 Å². The molecule has 0 saturated carbocycles. The molecule has 1 saturated heterocycles. The Hall–Kier alpha value is -2.77. The van der Waals surface area contributed by atoms with Crippen LogP contribution >= 0.6 is 0 Å². The molecule has 1 N–H and O–H groups in total. The van der Waals surface area contributed by atoms with Crippen LogP contribution in [0.4, 0.5) is 17.3 Å². The predicted octanol–water partition coefficient (Wildman–Crippen LogP) is 1.36. The molecule has 0 bridgehead atoms. The van der Waals surface area contributed by atoms with Gasteiger partial charge in [-0.05, 0) is 22.0 Å². The minimum absolute atomic E-state index is 0.112. The highest BCUT2D eigenvalue weighted by molar-refractivity contribution is 5.60. The van der Waals surface area contributed by atoms with Crippen molar-refractivity contribution in [3.8, 4) is 5.75 Å². The van der Waals surface area contributed by atoms with Crippen molar-refractivity contribution in [3.05, 3.63) is 40.7 Å². The third kappa shape index (κ3) is 2.43. The molecule has 0 amide bonds. The molecule has 0 atom stereocenters. The number of aromatic nitrogens is 2. The van der Waals surface area contributed by atoms with E-state index in [-0.39, 0.29) is 11.6 Å². The maximum Gasteiger partial charge on any atom is 0.406 e. The lowest BCUT2D eigenvalue weighted by atomic mass is 10.2. The molecule has 8 nitrogen and oxygen atoms in total. The molecular formula is C14H17N5O3. The number of nitro groups is 1. The summed E-state index contributed by atoms with van der Waals surface area (Å²) in [5.74, 6) is 0.669. The van der Waals surface area contributed by atoms with Crippen LogP contribution in [0.2, 0.25) is 0 Å². The molecule has 1 aromatic heterocycles. The lowest BCUT2D eigenvalue weighted by Crippen LogP contribution is -2.47. The summed E-state index contributed by atoms with van der Waals surface area (Å²) in [6.07, 6.45) is 1.46. The fourth-order valence-electron chi connectivity index (χ4n) is 2.80. The smallest absolute Gasteiger partial charge is 0.406 e. The summed E-state index contributed by atoms with van der Waals surface area (Å²) < 4.78 is 1.67. The van der Waals surface area contributed by atoms with Crippen molar-refractivity contribution in [2.24, 2.45) is 7.05 Å². The largest absolute Gasteiger partial charge is 0.506 e. The number of hydrogen-bond donors (Lipinski definition) is 1. The number of rotatable bonds is 3. The van der Waals surface area contributed by atoms with Crippen molar-refractivity contribution in [1.82, 2.24) is 9.55 Å². The van der Waals surface area contributed by atoms with Gasteiger partial charge in [0, 0.05) is 33.2 Å². The number of benzene rings is 1. The topological polar surface area (TPSA) is 87.7 Å². The summed E-state index contributed by atoms with van der Waals surface area (Å²) in [4.78, 5) is 18.5. The number of hydrogen-bond acceptors (Lipinski definition) is 6. The number of nitrogens with zero attached hydrogens (tertiary/aromatic N) is 5. The lowest BCUT2D eigenvalue weighted by Gasteiger charge is -2.36. The van der Waals surface area contributed by atoms with Crippen LogP contribution in [0.15, 0.2) is 30.6 Å². The van der Waals surface area contributed by atoms with Gasteiger partial charge in [0.15, 0.2) is 0 Å². The molecule has 0 aliphatic carbocycles. The van der Waals surface area contributed by atoms with Crippen LogP contribution in [-0.2, 0) is 7.05 Å². The maximum atomic E-state index is 11.1. The number of aryl methyl sites for hydroxylation is 1. The standard InChI is InChI=1S/C14H17N5O3/c1-16-10-15-13(19(21)22)14(16)18-8-6-17(7-9-18)11-4-2-3-5-12(11)20/h2-5,10,20H,6-9H2,1H3. The summed E-state index contributed by atoms with van der Waals surface area (Å²) in [7, 11) is 1.75. The Bertz CT molecular complexity index is 692. The van der Waals surface area contributed by atoms with Gasteiger partial charge in [-0.2, -0.15) is 0 Å². The highest BCUT2D eigenvalue weighted by Gasteiger charge is 2.28. The van der Waals surface area contributed by atoms with Crippen molar-refractivity contribution >= 4 is 17.3 Å². The molecule has 1 aliphatic heterocycles. The highest BCUT2D eigenvalue weighted by atomic mass is 16.6. The van der Waals surface area contributed by atoms with Gasteiger partial charge in [-0.1, -0.05) is 12.1 Å². The van der Waals surface area contributed by atoms with E-state index in [1.54, 1.807) is 23.7 Å². The Balaban J connectivity index is 1.77. The fourth-order valence-corrected chi connectivity index (χ4v) is 2.80. The average molecular weight is 303 g/mol. The molecule has 0 radical (unpaired) electrons. The first-order chi connectivity index (χ1) is 10.6. The molecule has 22 heavy (non-hydrogen) atoms. The van der Waals surface area contributed by atoms with E-state index in [0.717, 1.165) is 5.69 Å². The van der Waals surface area contributed by atoms with Gasteiger partial charge in [-0.25, -0.2) is 0 Å². The fraction of sp³-hybridized carbons (Fsp3) is 0.357. The summed E-state index contributed by atoms with van der Waals surface area (Å²) in [5, 5.41) is 21.0. The van der Waals surface area contributed by atoms with Gasteiger partial charge in [-0.3, -0.25) is 4.57 Å². The van der Waals surface area contributed by atoms with Gasteiger partial charge >= 0.3 is 5.82 Å². The van der Waals surface area contributed by atoms with E-state index in [1.807, 2.05) is 17.0 Å². The minimum Gasteiger partial charge on any atom is -0.506 e. The number of aromatic hydroxyl groups is 1. The molecular weight excluding hydrogens is 286 g/mol. The first-order valence-electron chi connectivity index (χ1n) is 7.01. The molecule has 1 aliphatic rings. The predicted molar refractivity (Wildman–Crippen MR) is 82.4 cm³/mol. The van der Waals surface area contributed by atoms with Crippen LogP contribution in [0, 0.1) is 10.1 Å². The SMILES string of the molecule is Cn1cnc([N+](=O)[O-])c1N1CCN(c2ccccc2O)CC1. The van der Waals surface area contributed by atoms with Gasteiger partial charge < -0.3 is 25.0 Å². The third-order valence-electron chi connectivity index (χ3n) is 3.86. The van der Waals surface area contributed by atoms with Gasteiger partial charge in [0.1, 0.15) is 5.75 Å². The molecule has 1 aromatic carbocycles. The van der Waals surface area contributed by atoms with Crippen LogP contribution in [0.5, 0.6) is 5.75 Å². The summed E-state index contributed by atoms with van der Waals surface area (Å²) >= 11 is 0. The van der Waals surface area contributed by atoms with Crippen LogP contribution in [0.25, 0.3) is 0 Å². The van der Waals surface area contributed by atoms with E-state index >= 15 is 0 Å². The van der Waals surface area contributed by atoms with Crippen molar-refractivity contribution in [1.29, 1.82) is 0 Å². The number of piperazine rings is 1. The molecule has 3 rings (SSSR count). The van der Waals surface area contributed by atoms with Gasteiger partial charge in [0.05, 0.1) is 5.69 Å². The van der Waals surface area contributed by atoms with E-state index in [4.69, 9.17) is 0 Å². The average Bonchev–Trinajstić information content (AvgIpc) is 2.90. The number of anilines is 2. The molecule has 8 heteroatoms. The van der Waals surface area contributed by atoms with Crippen LogP contribution in [-0.4, -0.2) is 45.8 Å². The molecule has 2 aromatic rings. The first kappa shape index (κ1) is 14.2. The molecule has 2 heterocycles. The summed E-state index contributed by atoms with van der Waals surface area (Å²) in [6.45, 7) is 2.63. The summed E-state index contributed by atoms with van der Waals surface area (Å²) in [5.41, 5.74) is 0.793. The number of imidazole rings is 1. The minimum atomic E-state index is -0.454. The number of para-hydroxylation sites is 2. The lowest BCUT2D eigenvalue weighted by molar-refractivity contribution is -0.388. The normalized spacial score (nSPS) is 15.1. The molecule has 1 fully saturated rings.